The highest BCUT2D eigenvalue weighted by Gasteiger charge is 2.22. The summed E-state index contributed by atoms with van der Waals surface area (Å²) in [4.78, 5) is 22.3. The summed E-state index contributed by atoms with van der Waals surface area (Å²) in [5, 5.41) is 20.3. The number of aliphatic carboxylic acids is 1. The van der Waals surface area contributed by atoms with Gasteiger partial charge in [0.05, 0.1) is 6.42 Å². The summed E-state index contributed by atoms with van der Waals surface area (Å²) in [5.41, 5.74) is 0. The van der Waals surface area contributed by atoms with Crippen molar-refractivity contribution < 1.29 is 19.8 Å². The average Bonchev–Trinajstić information content (AvgIpc) is 2.34. The zero-order valence-corrected chi connectivity index (χ0v) is 10.0. The number of carbonyl (C=O) groups is 2. The lowest BCUT2D eigenvalue weighted by molar-refractivity contribution is -0.138. The minimum Gasteiger partial charge on any atom is -0.481 e. The molecule has 1 saturated carbocycles. The van der Waals surface area contributed by atoms with Gasteiger partial charge in [0.2, 0.25) is 5.91 Å². The van der Waals surface area contributed by atoms with Crippen LogP contribution in [-0.4, -0.2) is 35.2 Å². The fraction of sp³-hybridized carbons (Fsp3) is 0.833. The minimum absolute atomic E-state index is 0.00791. The molecule has 0 aromatic carbocycles. The zero-order chi connectivity index (χ0) is 12.7. The van der Waals surface area contributed by atoms with Crippen LogP contribution in [0.2, 0.25) is 0 Å². The number of aliphatic hydroxyl groups excluding tert-OH is 1. The van der Waals surface area contributed by atoms with Crippen LogP contribution in [0, 0.1) is 11.8 Å². The number of carboxylic acids is 1. The molecule has 1 atom stereocenters. The van der Waals surface area contributed by atoms with Crippen LogP contribution in [0.25, 0.3) is 0 Å². The molecule has 1 rings (SSSR count). The second-order valence-electron chi connectivity index (χ2n) is 4.73. The fourth-order valence-electron chi connectivity index (χ4n) is 2.20. The minimum atomic E-state index is -0.948. The molecule has 98 valence electrons. The van der Waals surface area contributed by atoms with Gasteiger partial charge in [-0.15, -0.1) is 0 Å². The quantitative estimate of drug-likeness (QED) is 0.643. The van der Waals surface area contributed by atoms with E-state index in [0.717, 1.165) is 25.7 Å². The second-order valence-corrected chi connectivity index (χ2v) is 4.73. The van der Waals surface area contributed by atoms with Crippen LogP contribution in [0.15, 0.2) is 0 Å². The zero-order valence-electron chi connectivity index (χ0n) is 10.0. The second kappa shape index (κ2) is 7.27. The molecular weight excluding hydrogens is 222 g/mol. The Labute approximate surface area is 101 Å². The Hall–Kier alpha value is -1.10. The van der Waals surface area contributed by atoms with Gasteiger partial charge in [0.25, 0.3) is 0 Å². The third kappa shape index (κ3) is 5.17. The maximum absolute atomic E-state index is 11.8. The van der Waals surface area contributed by atoms with Crippen LogP contribution in [0.5, 0.6) is 0 Å². The van der Waals surface area contributed by atoms with Crippen molar-refractivity contribution in [2.45, 2.75) is 38.5 Å². The van der Waals surface area contributed by atoms with Crippen molar-refractivity contribution in [2.24, 2.45) is 11.8 Å². The predicted octanol–water partition coefficient (Wildman–Crippen LogP) is 0.766. The lowest BCUT2D eigenvalue weighted by atomic mass is 9.88. The highest BCUT2D eigenvalue weighted by atomic mass is 16.4. The summed E-state index contributed by atoms with van der Waals surface area (Å²) < 4.78 is 0. The first kappa shape index (κ1) is 14.0. The fourth-order valence-corrected chi connectivity index (χ4v) is 2.20. The van der Waals surface area contributed by atoms with Crippen molar-refractivity contribution >= 4 is 11.9 Å². The average molecular weight is 243 g/mol. The molecule has 1 fully saturated rings. The van der Waals surface area contributed by atoms with Gasteiger partial charge < -0.3 is 15.5 Å². The van der Waals surface area contributed by atoms with Gasteiger partial charge >= 0.3 is 5.97 Å². The van der Waals surface area contributed by atoms with Gasteiger partial charge in [0, 0.05) is 25.0 Å². The van der Waals surface area contributed by atoms with E-state index in [0.29, 0.717) is 0 Å². The van der Waals surface area contributed by atoms with Crippen LogP contribution in [0.1, 0.15) is 38.5 Å². The molecule has 17 heavy (non-hydrogen) atoms. The standard InChI is InChI=1S/C12H21NO4/c14-8-9(6-11(15)16)7-13-12(17)10-4-2-1-3-5-10/h9-10,14H,1-8H2,(H,13,17)(H,15,16). The molecule has 0 heterocycles. The molecule has 1 aliphatic carbocycles. The predicted molar refractivity (Wildman–Crippen MR) is 62.4 cm³/mol. The molecule has 0 aromatic heterocycles. The lowest BCUT2D eigenvalue weighted by Gasteiger charge is -2.22. The van der Waals surface area contributed by atoms with Crippen LogP contribution in [0.3, 0.4) is 0 Å². The first-order valence-electron chi connectivity index (χ1n) is 6.24. The molecule has 0 saturated heterocycles. The summed E-state index contributed by atoms with van der Waals surface area (Å²) in [6.45, 7) is 0.0371. The smallest absolute Gasteiger partial charge is 0.303 e. The van der Waals surface area contributed by atoms with E-state index in [9.17, 15) is 9.59 Å². The van der Waals surface area contributed by atoms with Gasteiger partial charge in [-0.3, -0.25) is 9.59 Å². The number of hydrogen-bond acceptors (Lipinski definition) is 3. The van der Waals surface area contributed by atoms with E-state index in [1.807, 2.05) is 0 Å². The summed E-state index contributed by atoms with van der Waals surface area (Å²) >= 11 is 0. The van der Waals surface area contributed by atoms with Gasteiger partial charge in [-0.25, -0.2) is 0 Å². The normalized spacial score (nSPS) is 18.6. The highest BCUT2D eigenvalue weighted by Crippen LogP contribution is 2.23. The van der Waals surface area contributed by atoms with Gasteiger partial charge in [0.1, 0.15) is 0 Å². The Balaban J connectivity index is 2.27. The molecule has 3 N–H and O–H groups in total. The van der Waals surface area contributed by atoms with Crippen molar-refractivity contribution in [1.29, 1.82) is 0 Å². The summed E-state index contributed by atoms with van der Waals surface area (Å²) in [5.74, 6) is -1.25. The summed E-state index contributed by atoms with van der Waals surface area (Å²) in [6, 6.07) is 0. The Kier molecular flexibility index (Phi) is 5.97. The summed E-state index contributed by atoms with van der Waals surface area (Å²) in [7, 11) is 0. The lowest BCUT2D eigenvalue weighted by Crippen LogP contribution is -2.36. The Morgan fingerprint density at radius 2 is 1.88 bits per heavy atom. The molecule has 0 radical (unpaired) electrons. The van der Waals surface area contributed by atoms with Crippen molar-refractivity contribution in [1.82, 2.24) is 5.32 Å². The molecule has 0 aliphatic heterocycles. The number of carbonyl (C=O) groups excluding carboxylic acids is 1. The number of carboxylic acid groups (broad SMARTS) is 1. The van der Waals surface area contributed by atoms with Crippen molar-refractivity contribution in [3.05, 3.63) is 0 Å². The van der Waals surface area contributed by atoms with Crippen LogP contribution >= 0.6 is 0 Å². The Morgan fingerprint density at radius 1 is 1.24 bits per heavy atom. The van der Waals surface area contributed by atoms with Crippen molar-refractivity contribution in [3.63, 3.8) is 0 Å². The molecule has 0 spiro atoms. The maximum Gasteiger partial charge on any atom is 0.303 e. The van der Waals surface area contributed by atoms with E-state index >= 15 is 0 Å². The maximum atomic E-state index is 11.8. The topological polar surface area (TPSA) is 86.6 Å². The molecule has 1 amide bonds. The van der Waals surface area contributed by atoms with Crippen LogP contribution < -0.4 is 5.32 Å². The first-order chi connectivity index (χ1) is 8.13. The molecule has 0 aromatic rings. The third-order valence-electron chi connectivity index (χ3n) is 3.26. The van der Waals surface area contributed by atoms with Crippen molar-refractivity contribution in [2.75, 3.05) is 13.2 Å². The number of rotatable bonds is 6. The van der Waals surface area contributed by atoms with Gasteiger partial charge in [-0.1, -0.05) is 19.3 Å². The number of hydrogen-bond donors (Lipinski definition) is 3. The Bertz CT molecular complexity index is 261. The van der Waals surface area contributed by atoms with E-state index in [1.54, 1.807) is 0 Å². The number of amides is 1. The SMILES string of the molecule is O=C(O)CC(CO)CNC(=O)C1CCCCC1. The van der Waals surface area contributed by atoms with E-state index in [4.69, 9.17) is 10.2 Å². The number of aliphatic hydroxyl groups is 1. The Morgan fingerprint density at radius 3 is 2.41 bits per heavy atom. The molecular formula is C12H21NO4. The van der Waals surface area contributed by atoms with E-state index in [1.165, 1.54) is 6.42 Å². The summed E-state index contributed by atoms with van der Waals surface area (Å²) in [6.07, 6.45) is 5.12. The number of nitrogens with one attached hydrogen (secondary N) is 1. The molecule has 1 aliphatic rings. The highest BCUT2D eigenvalue weighted by molar-refractivity contribution is 5.78. The third-order valence-corrected chi connectivity index (χ3v) is 3.26. The van der Waals surface area contributed by atoms with E-state index < -0.39 is 5.97 Å². The van der Waals surface area contributed by atoms with Gasteiger partial charge in [-0.2, -0.15) is 0 Å². The molecule has 5 nitrogen and oxygen atoms in total. The molecule has 5 heteroatoms. The van der Waals surface area contributed by atoms with Crippen LogP contribution in [-0.2, 0) is 9.59 Å². The largest absolute Gasteiger partial charge is 0.481 e. The van der Waals surface area contributed by atoms with Crippen LogP contribution in [0.4, 0.5) is 0 Å². The van der Waals surface area contributed by atoms with Gasteiger partial charge in [-0.05, 0) is 12.8 Å². The van der Waals surface area contributed by atoms with E-state index in [-0.39, 0.29) is 37.3 Å². The molecule has 0 bridgehead atoms. The molecule has 1 unspecified atom stereocenters. The van der Waals surface area contributed by atoms with E-state index in [2.05, 4.69) is 5.32 Å². The first-order valence-corrected chi connectivity index (χ1v) is 6.24. The van der Waals surface area contributed by atoms with Crippen molar-refractivity contribution in [3.8, 4) is 0 Å². The van der Waals surface area contributed by atoms with Gasteiger partial charge in [0.15, 0.2) is 0 Å². The monoisotopic (exact) mass is 243 g/mol.